The molecule has 0 spiro atoms. The van der Waals surface area contributed by atoms with Crippen LogP contribution in [0.3, 0.4) is 0 Å². The Balaban J connectivity index is 2.41. The molecule has 0 bridgehead atoms. The van der Waals surface area contributed by atoms with Gasteiger partial charge in [0.2, 0.25) is 0 Å². The van der Waals surface area contributed by atoms with Crippen LogP contribution in [0.15, 0.2) is 17.2 Å². The summed E-state index contributed by atoms with van der Waals surface area (Å²) < 4.78 is 0. The van der Waals surface area contributed by atoms with E-state index < -0.39 is 0 Å². The maximum absolute atomic E-state index is 9.11. The number of rotatable bonds is 3. The molecule has 1 aromatic rings. The van der Waals surface area contributed by atoms with Gasteiger partial charge in [-0.25, -0.2) is 4.98 Å². The predicted octanol–water partition coefficient (Wildman–Crippen LogP) is 2.62. The maximum Gasteiger partial charge on any atom is 0.153 e. The number of thioether (sulfide) groups is 1. The normalized spacial score (nSPS) is 16.2. The Morgan fingerprint density at radius 3 is 2.75 bits per heavy atom. The summed E-state index contributed by atoms with van der Waals surface area (Å²) in [7, 11) is 0. The first-order valence-corrected chi connectivity index (χ1v) is 6.19. The molecule has 0 aromatic carbocycles. The summed E-state index contributed by atoms with van der Waals surface area (Å²) in [5, 5.41) is 18.0. The summed E-state index contributed by atoms with van der Waals surface area (Å²) in [5.74, 6) is 0.902. The van der Waals surface area contributed by atoms with Crippen molar-refractivity contribution in [3.8, 4) is 12.1 Å². The summed E-state index contributed by atoms with van der Waals surface area (Å²) in [5.41, 5.74) is 1.11. The van der Waals surface area contributed by atoms with Gasteiger partial charge in [0, 0.05) is 11.1 Å². The molecule has 0 radical (unpaired) electrons. The van der Waals surface area contributed by atoms with Crippen LogP contribution in [0.1, 0.15) is 31.0 Å². The number of hydrogen-bond donors (Lipinski definition) is 0. The van der Waals surface area contributed by atoms with Crippen molar-refractivity contribution in [1.82, 2.24) is 4.98 Å². The molecule has 16 heavy (non-hydrogen) atoms. The second kappa shape index (κ2) is 4.15. The summed E-state index contributed by atoms with van der Waals surface area (Å²) in [6.45, 7) is 2.04. The van der Waals surface area contributed by atoms with Crippen LogP contribution in [0.5, 0.6) is 0 Å². The Morgan fingerprint density at radius 1 is 1.50 bits per heavy atom. The van der Waals surface area contributed by atoms with E-state index in [1.54, 1.807) is 18.0 Å². The summed E-state index contributed by atoms with van der Waals surface area (Å²) in [4.78, 5) is 5.03. The van der Waals surface area contributed by atoms with Crippen molar-refractivity contribution in [2.24, 2.45) is 0 Å². The van der Waals surface area contributed by atoms with Gasteiger partial charge < -0.3 is 0 Å². The Hall–Kier alpha value is -1.52. The van der Waals surface area contributed by atoms with E-state index in [2.05, 4.69) is 17.1 Å². The maximum atomic E-state index is 9.11. The van der Waals surface area contributed by atoms with Crippen LogP contribution in [0, 0.1) is 22.7 Å². The summed E-state index contributed by atoms with van der Waals surface area (Å²) in [6, 6.07) is 6.38. The fourth-order valence-corrected chi connectivity index (χ4v) is 2.40. The summed E-state index contributed by atoms with van der Waals surface area (Å²) in [6.07, 6.45) is 3.50. The molecule has 4 heteroatoms. The van der Waals surface area contributed by atoms with Crippen LogP contribution >= 0.6 is 11.8 Å². The predicted molar refractivity (Wildman–Crippen MR) is 61.9 cm³/mol. The lowest BCUT2D eigenvalue weighted by atomic mass is 10.00. The van der Waals surface area contributed by atoms with Crippen LogP contribution in [-0.2, 0) is 5.41 Å². The Morgan fingerprint density at radius 2 is 2.25 bits per heavy atom. The molecule has 1 saturated carbocycles. The molecule has 0 amide bonds. The van der Waals surface area contributed by atoms with Crippen molar-refractivity contribution in [2.75, 3.05) is 5.75 Å². The highest BCUT2D eigenvalue weighted by molar-refractivity contribution is 7.99. The molecule has 80 valence electrons. The highest BCUT2D eigenvalue weighted by Gasteiger charge is 2.45. The van der Waals surface area contributed by atoms with Gasteiger partial charge in [0.15, 0.2) is 5.69 Å². The number of hydrogen-bond acceptors (Lipinski definition) is 4. The fourth-order valence-electron chi connectivity index (χ4n) is 1.65. The molecule has 0 saturated heterocycles. The molecule has 1 fully saturated rings. The van der Waals surface area contributed by atoms with Crippen molar-refractivity contribution in [2.45, 2.75) is 30.1 Å². The SMILES string of the molecule is CCSc1cc(C2(C#N)CC2)cnc1C#N. The van der Waals surface area contributed by atoms with E-state index in [-0.39, 0.29) is 5.41 Å². The van der Waals surface area contributed by atoms with Crippen LogP contribution in [0.4, 0.5) is 0 Å². The Labute approximate surface area is 99.1 Å². The van der Waals surface area contributed by atoms with Gasteiger partial charge in [0.25, 0.3) is 0 Å². The Bertz CT molecular complexity index is 492. The Kier molecular flexibility index (Phi) is 2.85. The molecule has 1 aliphatic rings. The average molecular weight is 229 g/mol. The molecule has 1 aliphatic carbocycles. The highest BCUT2D eigenvalue weighted by Crippen LogP contribution is 2.48. The number of nitrogens with zero attached hydrogens (tertiary/aromatic N) is 3. The van der Waals surface area contributed by atoms with Gasteiger partial charge in [-0.05, 0) is 30.2 Å². The topological polar surface area (TPSA) is 60.5 Å². The third-order valence-corrected chi connectivity index (χ3v) is 3.69. The van der Waals surface area contributed by atoms with Gasteiger partial charge >= 0.3 is 0 Å². The zero-order chi connectivity index (χ0) is 11.6. The van der Waals surface area contributed by atoms with E-state index in [1.165, 1.54) is 0 Å². The lowest BCUT2D eigenvalue weighted by molar-refractivity contribution is 0.885. The standard InChI is InChI=1S/C12H11N3S/c1-2-16-11-5-9(7-15-10(11)6-13)12(8-14)3-4-12/h5,7H,2-4H2,1H3. The van der Waals surface area contributed by atoms with E-state index in [9.17, 15) is 0 Å². The number of aromatic nitrogens is 1. The molecule has 1 heterocycles. The monoisotopic (exact) mass is 229 g/mol. The van der Waals surface area contributed by atoms with E-state index in [0.717, 1.165) is 29.1 Å². The van der Waals surface area contributed by atoms with Gasteiger partial charge in [-0.15, -0.1) is 11.8 Å². The second-order valence-electron chi connectivity index (χ2n) is 3.81. The molecule has 3 nitrogen and oxygen atoms in total. The van der Waals surface area contributed by atoms with Crippen LogP contribution in [-0.4, -0.2) is 10.7 Å². The smallest absolute Gasteiger partial charge is 0.153 e. The second-order valence-corrected chi connectivity index (χ2v) is 5.12. The first-order valence-electron chi connectivity index (χ1n) is 5.20. The minimum Gasteiger partial charge on any atom is -0.244 e. The van der Waals surface area contributed by atoms with Crippen molar-refractivity contribution in [1.29, 1.82) is 10.5 Å². The van der Waals surface area contributed by atoms with Crippen molar-refractivity contribution in [3.63, 3.8) is 0 Å². The first-order chi connectivity index (χ1) is 7.75. The van der Waals surface area contributed by atoms with Crippen molar-refractivity contribution < 1.29 is 0 Å². The molecule has 2 rings (SSSR count). The van der Waals surface area contributed by atoms with E-state index in [0.29, 0.717) is 5.69 Å². The molecular weight excluding hydrogens is 218 g/mol. The molecular formula is C12H11N3S. The molecule has 0 unspecified atom stereocenters. The zero-order valence-corrected chi connectivity index (χ0v) is 9.84. The molecule has 1 aromatic heterocycles. The van der Waals surface area contributed by atoms with Crippen molar-refractivity contribution in [3.05, 3.63) is 23.5 Å². The van der Waals surface area contributed by atoms with Crippen LogP contribution < -0.4 is 0 Å². The molecule has 0 aliphatic heterocycles. The molecule has 0 N–H and O–H groups in total. The van der Waals surface area contributed by atoms with Gasteiger partial charge in [-0.2, -0.15) is 10.5 Å². The van der Waals surface area contributed by atoms with E-state index in [4.69, 9.17) is 10.5 Å². The fraction of sp³-hybridized carbons (Fsp3) is 0.417. The molecule has 0 atom stereocenters. The lowest BCUT2D eigenvalue weighted by Gasteiger charge is -2.08. The number of nitriles is 2. The quantitative estimate of drug-likeness (QED) is 0.747. The first kappa shape index (κ1) is 11.0. The van der Waals surface area contributed by atoms with Gasteiger partial charge in [-0.1, -0.05) is 6.92 Å². The van der Waals surface area contributed by atoms with Gasteiger partial charge in [0.05, 0.1) is 11.5 Å². The highest BCUT2D eigenvalue weighted by atomic mass is 32.2. The lowest BCUT2D eigenvalue weighted by Crippen LogP contribution is -2.04. The average Bonchev–Trinajstić information content (AvgIpc) is 3.10. The number of pyridine rings is 1. The third kappa shape index (κ3) is 1.77. The summed E-state index contributed by atoms with van der Waals surface area (Å²) >= 11 is 1.60. The largest absolute Gasteiger partial charge is 0.244 e. The minimum atomic E-state index is -0.315. The van der Waals surface area contributed by atoms with Crippen LogP contribution in [0.2, 0.25) is 0 Å². The van der Waals surface area contributed by atoms with Crippen LogP contribution in [0.25, 0.3) is 0 Å². The van der Waals surface area contributed by atoms with Crippen molar-refractivity contribution >= 4 is 11.8 Å². The minimum absolute atomic E-state index is 0.315. The van der Waals surface area contributed by atoms with E-state index in [1.807, 2.05) is 13.0 Å². The van der Waals surface area contributed by atoms with E-state index >= 15 is 0 Å². The third-order valence-electron chi connectivity index (χ3n) is 2.78. The van der Waals surface area contributed by atoms with Gasteiger partial charge in [0.1, 0.15) is 6.07 Å². The van der Waals surface area contributed by atoms with Gasteiger partial charge in [-0.3, -0.25) is 0 Å². The zero-order valence-electron chi connectivity index (χ0n) is 9.03.